The van der Waals surface area contributed by atoms with Crippen molar-refractivity contribution in [2.45, 2.75) is 42.8 Å². The summed E-state index contributed by atoms with van der Waals surface area (Å²) in [4.78, 5) is 11.1. The number of ether oxygens (including phenoxy) is 2. The number of benzene rings is 1. The highest BCUT2D eigenvalue weighted by Gasteiger charge is 2.36. The summed E-state index contributed by atoms with van der Waals surface area (Å²) in [6.45, 7) is 4.74. The summed E-state index contributed by atoms with van der Waals surface area (Å²) < 4.78 is 77.4. The number of aromatic nitrogens is 3. The van der Waals surface area contributed by atoms with Crippen LogP contribution in [0.15, 0.2) is 29.3 Å². The van der Waals surface area contributed by atoms with Gasteiger partial charge in [-0.05, 0) is 25.5 Å². The summed E-state index contributed by atoms with van der Waals surface area (Å²) in [6.07, 6.45) is -3.08. The smallest absolute Gasteiger partial charge is 0.418 e. The Labute approximate surface area is 205 Å². The van der Waals surface area contributed by atoms with Gasteiger partial charge in [0, 0.05) is 31.4 Å². The number of anilines is 3. The molecule has 1 aliphatic rings. The fourth-order valence-electron chi connectivity index (χ4n) is 3.72. The molecule has 0 saturated carbocycles. The molecule has 1 aromatic carbocycles. The maximum atomic E-state index is 13.6. The second-order valence-corrected chi connectivity index (χ2v) is 10.4. The summed E-state index contributed by atoms with van der Waals surface area (Å²) in [5.74, 6) is 0.200. The number of morpholine rings is 1. The van der Waals surface area contributed by atoms with Gasteiger partial charge in [-0.15, -0.1) is 0 Å². The molecule has 0 bridgehead atoms. The maximum absolute atomic E-state index is 13.6. The zero-order chi connectivity index (χ0) is 26.1. The molecule has 4 rings (SSSR count). The van der Waals surface area contributed by atoms with E-state index in [1.807, 2.05) is 13.8 Å². The third-order valence-electron chi connectivity index (χ3n) is 5.82. The molecule has 10 nitrogen and oxygen atoms in total. The Hall–Kier alpha value is -3.10. The van der Waals surface area contributed by atoms with Gasteiger partial charge in [-0.25, -0.2) is 8.42 Å². The Morgan fingerprint density at radius 1 is 1.31 bits per heavy atom. The minimum atomic E-state index is -4.59. The van der Waals surface area contributed by atoms with Crippen LogP contribution in [0.3, 0.4) is 0 Å². The highest BCUT2D eigenvalue weighted by molar-refractivity contribution is 7.92. The first-order chi connectivity index (χ1) is 17.0. The molecular weight excluding hydrogens is 501 g/mol. The Morgan fingerprint density at radius 2 is 2.08 bits per heavy atom. The molecule has 2 aromatic heterocycles. The normalized spacial score (nSPS) is 17.7. The van der Waals surface area contributed by atoms with Crippen molar-refractivity contribution >= 4 is 38.3 Å². The van der Waals surface area contributed by atoms with Crippen LogP contribution in [0.4, 0.5) is 30.6 Å². The molecule has 1 aliphatic heterocycles. The van der Waals surface area contributed by atoms with Crippen LogP contribution < -0.4 is 20.7 Å². The fraction of sp³-hybridized carbons (Fsp3) is 0.455. The maximum Gasteiger partial charge on any atom is 0.418 e. The van der Waals surface area contributed by atoms with Crippen molar-refractivity contribution in [1.82, 2.24) is 20.3 Å². The van der Waals surface area contributed by atoms with Gasteiger partial charge in [0.25, 0.3) is 0 Å². The predicted molar refractivity (Wildman–Crippen MR) is 128 cm³/mol. The molecule has 14 heteroatoms. The lowest BCUT2D eigenvalue weighted by Gasteiger charge is -2.24. The molecule has 2 atom stereocenters. The molecule has 0 spiro atoms. The predicted octanol–water partition coefficient (Wildman–Crippen LogP) is 3.66. The molecule has 36 heavy (non-hydrogen) atoms. The molecular formula is C22H27F3N6O4S. The van der Waals surface area contributed by atoms with E-state index in [2.05, 4.69) is 30.9 Å². The number of hydrogen-bond acceptors (Lipinski definition) is 9. The third-order valence-corrected chi connectivity index (χ3v) is 7.73. The summed E-state index contributed by atoms with van der Waals surface area (Å²) in [6, 6.07) is 4.07. The standard InChI is InChI=1S/C22H27F3N6O4S/c1-4-12(2)28-20-18-14(22(23,24)25)10-27-19(18)30-21(31-20)29-15-6-5-13(9-16(15)34-3)36(32,33)17-11-26-7-8-35-17/h5-6,9-10,12,17,26H,4,7-8,11H2,1-3H3,(H3,27,28,29,30,31)/t12?,17-/m0/s1. The van der Waals surface area contributed by atoms with E-state index >= 15 is 0 Å². The topological polar surface area (TPSA) is 130 Å². The molecule has 3 heterocycles. The van der Waals surface area contributed by atoms with E-state index in [0.717, 1.165) is 6.20 Å². The molecule has 1 saturated heterocycles. The third kappa shape index (κ3) is 5.20. The van der Waals surface area contributed by atoms with Crippen molar-refractivity contribution in [3.63, 3.8) is 0 Å². The van der Waals surface area contributed by atoms with Gasteiger partial charge in [0.15, 0.2) is 5.44 Å². The lowest BCUT2D eigenvalue weighted by atomic mass is 10.2. The van der Waals surface area contributed by atoms with E-state index < -0.39 is 27.0 Å². The molecule has 1 unspecified atom stereocenters. The monoisotopic (exact) mass is 528 g/mol. The van der Waals surface area contributed by atoms with Gasteiger partial charge in [0.1, 0.15) is 17.2 Å². The van der Waals surface area contributed by atoms with Crippen LogP contribution in [-0.4, -0.2) is 61.7 Å². The Balaban J connectivity index is 1.70. The Bertz CT molecular complexity index is 1340. The second kappa shape index (κ2) is 10.1. The first kappa shape index (κ1) is 26.0. The fourth-order valence-corrected chi connectivity index (χ4v) is 5.16. The molecule has 3 aromatic rings. The van der Waals surface area contributed by atoms with Crippen LogP contribution in [0, 0.1) is 0 Å². The van der Waals surface area contributed by atoms with Crippen LogP contribution >= 0.6 is 0 Å². The number of nitrogens with one attached hydrogen (secondary N) is 4. The lowest BCUT2D eigenvalue weighted by molar-refractivity contribution is -0.136. The number of alkyl halides is 3. The molecule has 196 valence electrons. The van der Waals surface area contributed by atoms with Crippen molar-refractivity contribution < 1.29 is 31.1 Å². The van der Waals surface area contributed by atoms with Crippen LogP contribution in [0.1, 0.15) is 25.8 Å². The number of rotatable bonds is 8. The van der Waals surface area contributed by atoms with Crippen molar-refractivity contribution in [1.29, 1.82) is 0 Å². The van der Waals surface area contributed by atoms with Crippen molar-refractivity contribution in [3.05, 3.63) is 30.0 Å². The minimum absolute atomic E-state index is 0.00222. The lowest BCUT2D eigenvalue weighted by Crippen LogP contribution is -2.43. The molecule has 4 N–H and O–H groups in total. The van der Waals surface area contributed by atoms with E-state index in [0.29, 0.717) is 18.7 Å². The van der Waals surface area contributed by atoms with Gasteiger partial charge >= 0.3 is 6.18 Å². The summed E-state index contributed by atoms with van der Waals surface area (Å²) in [5.41, 5.74) is -1.58. The molecule has 0 amide bonds. The zero-order valence-corrected chi connectivity index (χ0v) is 20.7. The van der Waals surface area contributed by atoms with Crippen molar-refractivity contribution in [3.8, 4) is 5.75 Å². The van der Waals surface area contributed by atoms with Crippen molar-refractivity contribution in [2.75, 3.05) is 37.4 Å². The van der Waals surface area contributed by atoms with Gasteiger partial charge < -0.3 is 30.4 Å². The van der Waals surface area contributed by atoms with Crippen LogP contribution in [-0.2, 0) is 20.8 Å². The van der Waals surface area contributed by atoms with E-state index in [4.69, 9.17) is 9.47 Å². The number of halogens is 3. The number of nitrogens with zero attached hydrogens (tertiary/aromatic N) is 2. The summed E-state index contributed by atoms with van der Waals surface area (Å²) in [5, 5.41) is 8.76. The van der Waals surface area contributed by atoms with Crippen LogP contribution in [0.2, 0.25) is 0 Å². The van der Waals surface area contributed by atoms with Crippen LogP contribution in [0.25, 0.3) is 11.0 Å². The van der Waals surface area contributed by atoms with Crippen LogP contribution in [0.5, 0.6) is 5.75 Å². The number of fused-ring (bicyclic) bond motifs is 1. The number of methoxy groups -OCH3 is 1. The summed E-state index contributed by atoms with van der Waals surface area (Å²) in [7, 11) is -2.42. The number of aromatic amines is 1. The first-order valence-corrected chi connectivity index (χ1v) is 12.8. The van der Waals surface area contributed by atoms with Gasteiger partial charge in [-0.2, -0.15) is 23.1 Å². The largest absolute Gasteiger partial charge is 0.495 e. The molecule has 0 radical (unpaired) electrons. The first-order valence-electron chi connectivity index (χ1n) is 11.3. The summed E-state index contributed by atoms with van der Waals surface area (Å²) >= 11 is 0. The average molecular weight is 529 g/mol. The van der Waals surface area contributed by atoms with E-state index in [-0.39, 0.29) is 52.6 Å². The number of sulfone groups is 1. The number of H-pyrrole nitrogens is 1. The van der Waals surface area contributed by atoms with Crippen molar-refractivity contribution in [2.24, 2.45) is 0 Å². The highest BCUT2D eigenvalue weighted by Crippen LogP contribution is 2.38. The molecule has 1 fully saturated rings. The zero-order valence-electron chi connectivity index (χ0n) is 19.9. The minimum Gasteiger partial charge on any atom is -0.495 e. The van der Waals surface area contributed by atoms with Gasteiger partial charge in [-0.1, -0.05) is 6.92 Å². The second-order valence-electron chi connectivity index (χ2n) is 8.31. The average Bonchev–Trinajstić information content (AvgIpc) is 3.29. The van der Waals surface area contributed by atoms with E-state index in [1.54, 1.807) is 0 Å². The van der Waals surface area contributed by atoms with E-state index in [9.17, 15) is 21.6 Å². The highest BCUT2D eigenvalue weighted by atomic mass is 32.2. The number of hydrogen-bond donors (Lipinski definition) is 4. The quantitative estimate of drug-likeness (QED) is 0.346. The van der Waals surface area contributed by atoms with Gasteiger partial charge in [-0.3, -0.25) is 0 Å². The van der Waals surface area contributed by atoms with Gasteiger partial charge in [0.05, 0.1) is 35.2 Å². The van der Waals surface area contributed by atoms with Gasteiger partial charge in [0.2, 0.25) is 15.8 Å². The Morgan fingerprint density at radius 3 is 2.72 bits per heavy atom. The Kier molecular flexibility index (Phi) is 7.29. The SMILES string of the molecule is CCC(C)Nc1nc(Nc2ccc(S(=O)(=O)[C@H]3CNCCO3)cc2OC)nc2[nH]cc(C(F)(F)F)c12. The van der Waals surface area contributed by atoms with E-state index in [1.165, 1.54) is 25.3 Å². The molecule has 0 aliphatic carbocycles.